The van der Waals surface area contributed by atoms with E-state index in [1.807, 2.05) is 0 Å². The molecule has 0 bridgehead atoms. The van der Waals surface area contributed by atoms with E-state index in [0.29, 0.717) is 18.0 Å². The molecule has 3 atom stereocenters. The van der Waals surface area contributed by atoms with Gasteiger partial charge in [0.2, 0.25) is 0 Å². The third kappa shape index (κ3) is 12.0. The number of nitrogens with one attached hydrogen (secondary N) is 3. The number of hydrogen-bond acceptors (Lipinski definition) is 3. The highest BCUT2D eigenvalue weighted by molar-refractivity contribution is 4.97. The van der Waals surface area contributed by atoms with Crippen molar-refractivity contribution in [3.63, 3.8) is 0 Å². The Morgan fingerprint density at radius 2 is 1.48 bits per heavy atom. The van der Waals surface area contributed by atoms with Crippen LogP contribution < -0.4 is 16.0 Å². The van der Waals surface area contributed by atoms with Crippen LogP contribution in [0.5, 0.6) is 0 Å². The van der Waals surface area contributed by atoms with Gasteiger partial charge in [-0.2, -0.15) is 0 Å². The molecule has 3 nitrogen and oxygen atoms in total. The second kappa shape index (κ2) is 12.3. The molecule has 0 spiro atoms. The van der Waals surface area contributed by atoms with E-state index in [-0.39, 0.29) is 11.1 Å². The zero-order valence-electron chi connectivity index (χ0n) is 18.6. The van der Waals surface area contributed by atoms with Crippen molar-refractivity contribution in [3.05, 3.63) is 6.92 Å². The van der Waals surface area contributed by atoms with E-state index >= 15 is 0 Å². The summed E-state index contributed by atoms with van der Waals surface area (Å²) < 4.78 is 0. The van der Waals surface area contributed by atoms with E-state index in [1.54, 1.807) is 0 Å². The van der Waals surface area contributed by atoms with Gasteiger partial charge >= 0.3 is 0 Å². The first-order chi connectivity index (χ1) is 11.5. The molecule has 0 saturated heterocycles. The molecule has 0 aliphatic heterocycles. The van der Waals surface area contributed by atoms with Crippen LogP contribution in [0.15, 0.2) is 0 Å². The molecule has 0 aromatic carbocycles. The van der Waals surface area contributed by atoms with Gasteiger partial charge in [-0.15, -0.1) is 0 Å². The maximum absolute atomic E-state index is 4.61. The normalized spacial score (nSPS) is 17.5. The van der Waals surface area contributed by atoms with Crippen molar-refractivity contribution in [3.8, 4) is 0 Å². The lowest BCUT2D eigenvalue weighted by Gasteiger charge is -2.40. The lowest BCUT2D eigenvalue weighted by atomic mass is 9.88. The highest BCUT2D eigenvalue weighted by Crippen LogP contribution is 2.21. The Hall–Kier alpha value is -0.120. The molecule has 3 heteroatoms. The summed E-state index contributed by atoms with van der Waals surface area (Å²) in [5.41, 5.74) is 0.0416. The van der Waals surface area contributed by atoms with E-state index < -0.39 is 0 Å². The summed E-state index contributed by atoms with van der Waals surface area (Å²) in [7, 11) is 0. The molecule has 3 N–H and O–H groups in total. The summed E-state index contributed by atoms with van der Waals surface area (Å²) in [5, 5.41) is 11.2. The van der Waals surface area contributed by atoms with Crippen molar-refractivity contribution in [1.29, 1.82) is 0 Å². The summed E-state index contributed by atoms with van der Waals surface area (Å²) in [6, 6.07) is 1.15. The van der Waals surface area contributed by atoms with Crippen molar-refractivity contribution in [2.24, 2.45) is 5.92 Å². The molecule has 0 aliphatic carbocycles. The first-order valence-electron chi connectivity index (χ1n) is 10.7. The maximum atomic E-state index is 4.61. The smallest absolute Gasteiger partial charge is 0.0211 e. The lowest BCUT2D eigenvalue weighted by molar-refractivity contribution is 0.231. The van der Waals surface area contributed by atoms with E-state index in [4.69, 9.17) is 0 Å². The predicted molar refractivity (Wildman–Crippen MR) is 114 cm³/mol. The molecular formula is C22H48N3. The molecule has 0 aromatic rings. The summed E-state index contributed by atoms with van der Waals surface area (Å²) in [6.07, 6.45) is 7.07. The first kappa shape index (κ1) is 24.9. The second-order valence-corrected chi connectivity index (χ2v) is 9.13. The molecule has 0 heterocycles. The van der Waals surface area contributed by atoms with Gasteiger partial charge in [0.25, 0.3) is 0 Å². The fraction of sp³-hybridized carbons (Fsp3) is 0.955. The van der Waals surface area contributed by atoms with Crippen LogP contribution in [-0.4, -0.2) is 36.3 Å². The molecule has 0 saturated carbocycles. The minimum Gasteiger partial charge on any atom is -0.314 e. The van der Waals surface area contributed by atoms with Crippen LogP contribution in [0, 0.1) is 12.8 Å². The molecule has 0 fully saturated rings. The van der Waals surface area contributed by atoms with E-state index in [2.05, 4.69) is 78.3 Å². The van der Waals surface area contributed by atoms with Crippen LogP contribution in [0.1, 0.15) is 93.9 Å². The van der Waals surface area contributed by atoms with Crippen LogP contribution >= 0.6 is 0 Å². The number of hydrogen-bond donors (Lipinski definition) is 3. The molecule has 0 aliphatic rings. The lowest BCUT2D eigenvalue weighted by Crippen LogP contribution is -2.56. The highest BCUT2D eigenvalue weighted by Gasteiger charge is 2.30. The summed E-state index contributed by atoms with van der Waals surface area (Å²) in [5.74, 6) is 0.667. The summed E-state index contributed by atoms with van der Waals surface area (Å²) >= 11 is 0. The molecule has 3 unspecified atom stereocenters. The Morgan fingerprint density at radius 1 is 0.920 bits per heavy atom. The summed E-state index contributed by atoms with van der Waals surface area (Å²) in [6.45, 7) is 24.9. The Morgan fingerprint density at radius 3 is 1.96 bits per heavy atom. The predicted octanol–water partition coefficient (Wildman–Crippen LogP) is 4.92. The van der Waals surface area contributed by atoms with Crippen LogP contribution in [0.3, 0.4) is 0 Å². The van der Waals surface area contributed by atoms with Gasteiger partial charge in [0, 0.05) is 23.2 Å². The number of unbranched alkanes of at least 4 members (excludes halogenated alkanes) is 1. The monoisotopic (exact) mass is 354 g/mol. The average molecular weight is 355 g/mol. The van der Waals surface area contributed by atoms with Gasteiger partial charge in [0.15, 0.2) is 0 Å². The van der Waals surface area contributed by atoms with Gasteiger partial charge in [0.1, 0.15) is 0 Å². The molecule has 151 valence electrons. The molecular weight excluding hydrogens is 306 g/mol. The quantitative estimate of drug-likeness (QED) is 0.391. The minimum atomic E-state index is -0.0827. The van der Waals surface area contributed by atoms with Crippen molar-refractivity contribution < 1.29 is 0 Å². The molecule has 0 rings (SSSR count). The Balaban J connectivity index is 4.57. The van der Waals surface area contributed by atoms with Crippen molar-refractivity contribution in [2.75, 3.05) is 13.1 Å². The van der Waals surface area contributed by atoms with Gasteiger partial charge in [-0.25, -0.2) is 0 Å². The highest BCUT2D eigenvalue weighted by atomic mass is 15.1. The number of rotatable bonds is 15. The molecule has 25 heavy (non-hydrogen) atoms. The Kier molecular flexibility index (Phi) is 12.2. The Labute approximate surface area is 159 Å². The molecule has 0 aromatic heterocycles. The van der Waals surface area contributed by atoms with Gasteiger partial charge in [-0.3, -0.25) is 0 Å². The Bertz CT molecular complexity index is 327. The van der Waals surface area contributed by atoms with Gasteiger partial charge in [-0.1, -0.05) is 40.5 Å². The minimum absolute atomic E-state index is 0.0827. The van der Waals surface area contributed by atoms with Gasteiger partial charge < -0.3 is 16.0 Å². The van der Waals surface area contributed by atoms with E-state index in [9.17, 15) is 0 Å². The van der Waals surface area contributed by atoms with E-state index in [1.165, 1.54) is 19.3 Å². The van der Waals surface area contributed by atoms with Crippen molar-refractivity contribution in [1.82, 2.24) is 16.0 Å². The topological polar surface area (TPSA) is 36.1 Å². The van der Waals surface area contributed by atoms with Crippen molar-refractivity contribution in [2.45, 2.75) is 117 Å². The van der Waals surface area contributed by atoms with Gasteiger partial charge in [0.05, 0.1) is 0 Å². The SMILES string of the molecule is [CH2]C(CCNC(C)CCCC)(CCNC(C)C(C)C)NC(C)(C)CC. The second-order valence-electron chi connectivity index (χ2n) is 9.13. The van der Waals surface area contributed by atoms with E-state index in [0.717, 1.165) is 32.4 Å². The summed E-state index contributed by atoms with van der Waals surface area (Å²) in [4.78, 5) is 0. The van der Waals surface area contributed by atoms with Gasteiger partial charge in [-0.05, 0) is 79.3 Å². The largest absolute Gasteiger partial charge is 0.314 e. The van der Waals surface area contributed by atoms with Crippen LogP contribution in [0.4, 0.5) is 0 Å². The zero-order chi connectivity index (χ0) is 19.5. The molecule has 1 radical (unpaired) electrons. The average Bonchev–Trinajstić information content (AvgIpc) is 2.52. The van der Waals surface area contributed by atoms with Crippen molar-refractivity contribution >= 4 is 0 Å². The third-order valence-electron chi connectivity index (χ3n) is 5.64. The van der Waals surface area contributed by atoms with Crippen LogP contribution in [0.2, 0.25) is 0 Å². The maximum Gasteiger partial charge on any atom is 0.0211 e. The first-order valence-corrected chi connectivity index (χ1v) is 10.7. The van der Waals surface area contributed by atoms with Crippen LogP contribution in [0.25, 0.3) is 0 Å². The third-order valence-corrected chi connectivity index (χ3v) is 5.64. The fourth-order valence-corrected chi connectivity index (χ4v) is 3.00. The fourth-order valence-electron chi connectivity index (χ4n) is 3.00. The van der Waals surface area contributed by atoms with Crippen LogP contribution in [-0.2, 0) is 0 Å². The standard InChI is InChI=1S/C22H48N3/c1-10-12-13-19(5)23-16-14-22(9,25-21(7,8)11-2)15-17-24-20(6)18(3)4/h18-20,23-25H,9-17H2,1-8H3. The molecule has 0 amide bonds. The zero-order valence-corrected chi connectivity index (χ0v) is 18.6.